The van der Waals surface area contributed by atoms with Gasteiger partial charge in [0.2, 0.25) is 0 Å². The quantitative estimate of drug-likeness (QED) is 0.660. The average Bonchev–Trinajstić information content (AvgIpc) is 2.91. The molecule has 3 aromatic rings. The minimum atomic E-state index is -0.822. The van der Waals surface area contributed by atoms with Gasteiger partial charge in [0.05, 0.1) is 0 Å². The summed E-state index contributed by atoms with van der Waals surface area (Å²) in [5.41, 5.74) is 2.75. The molecule has 0 saturated carbocycles. The summed E-state index contributed by atoms with van der Waals surface area (Å²) in [6, 6.07) is 15.9. The molecule has 3 heteroatoms. The van der Waals surface area contributed by atoms with Gasteiger partial charge in [-0.3, -0.25) is 0 Å². The Labute approximate surface area is 116 Å². The van der Waals surface area contributed by atoms with Crippen LogP contribution in [-0.4, -0.2) is 4.57 Å². The Bertz CT molecular complexity index is 717. The van der Waals surface area contributed by atoms with E-state index in [0.29, 0.717) is 5.56 Å². The van der Waals surface area contributed by atoms with E-state index in [9.17, 15) is 8.78 Å². The predicted octanol–water partition coefficient (Wildman–Crippen LogP) is 4.48. The molecule has 0 aliphatic rings. The lowest BCUT2D eigenvalue weighted by molar-refractivity contribution is 0.509. The van der Waals surface area contributed by atoms with E-state index >= 15 is 0 Å². The molecule has 0 radical (unpaired) electrons. The Kier molecular flexibility index (Phi) is 3.33. The second-order valence-corrected chi connectivity index (χ2v) is 4.69. The van der Waals surface area contributed by atoms with E-state index in [2.05, 4.69) is 12.1 Å². The van der Waals surface area contributed by atoms with Crippen molar-refractivity contribution >= 4 is 0 Å². The Morgan fingerprint density at radius 1 is 0.800 bits per heavy atom. The summed E-state index contributed by atoms with van der Waals surface area (Å²) in [4.78, 5) is 0. The van der Waals surface area contributed by atoms with Gasteiger partial charge in [-0.25, -0.2) is 8.78 Å². The lowest BCUT2D eigenvalue weighted by Gasteiger charge is -2.03. The molecule has 0 atom stereocenters. The van der Waals surface area contributed by atoms with Crippen molar-refractivity contribution in [3.63, 3.8) is 0 Å². The molecule has 0 spiro atoms. The van der Waals surface area contributed by atoms with Crippen LogP contribution in [-0.2, 0) is 6.54 Å². The smallest absolute Gasteiger partial charge is 0.159 e. The van der Waals surface area contributed by atoms with Crippen molar-refractivity contribution in [3.05, 3.63) is 84.2 Å². The second-order valence-electron chi connectivity index (χ2n) is 4.69. The van der Waals surface area contributed by atoms with Gasteiger partial charge in [-0.2, -0.15) is 0 Å². The first kappa shape index (κ1) is 12.6. The molecule has 100 valence electrons. The third-order valence-electron chi connectivity index (χ3n) is 3.21. The SMILES string of the molecule is Fc1ccc(-c2ccn(Cc3ccccc3)c2)cc1F. The summed E-state index contributed by atoms with van der Waals surface area (Å²) in [5, 5.41) is 0. The fourth-order valence-corrected chi connectivity index (χ4v) is 2.18. The first-order valence-corrected chi connectivity index (χ1v) is 6.37. The van der Waals surface area contributed by atoms with Gasteiger partial charge in [0.1, 0.15) is 0 Å². The highest BCUT2D eigenvalue weighted by molar-refractivity contribution is 5.62. The highest BCUT2D eigenvalue weighted by atomic mass is 19.2. The molecule has 0 aliphatic heterocycles. The van der Waals surface area contributed by atoms with Crippen LogP contribution in [0.5, 0.6) is 0 Å². The molecule has 0 unspecified atom stereocenters. The highest BCUT2D eigenvalue weighted by Gasteiger charge is 2.06. The van der Waals surface area contributed by atoms with Crippen molar-refractivity contribution in [2.45, 2.75) is 6.54 Å². The van der Waals surface area contributed by atoms with Crippen molar-refractivity contribution in [3.8, 4) is 11.1 Å². The summed E-state index contributed by atoms with van der Waals surface area (Å²) in [6.45, 7) is 0.754. The highest BCUT2D eigenvalue weighted by Crippen LogP contribution is 2.22. The monoisotopic (exact) mass is 269 g/mol. The number of rotatable bonds is 3. The summed E-state index contributed by atoms with van der Waals surface area (Å²) >= 11 is 0. The number of nitrogens with zero attached hydrogens (tertiary/aromatic N) is 1. The van der Waals surface area contributed by atoms with Gasteiger partial charge in [-0.1, -0.05) is 36.4 Å². The van der Waals surface area contributed by atoms with Crippen LogP contribution in [0, 0.1) is 11.6 Å². The molecule has 0 amide bonds. The minimum Gasteiger partial charge on any atom is -0.349 e. The number of halogens is 2. The molecule has 1 aromatic heterocycles. The van der Waals surface area contributed by atoms with Gasteiger partial charge in [0, 0.05) is 18.9 Å². The summed E-state index contributed by atoms with van der Waals surface area (Å²) in [6.07, 6.45) is 3.86. The lowest BCUT2D eigenvalue weighted by atomic mass is 10.1. The summed E-state index contributed by atoms with van der Waals surface area (Å²) in [5.74, 6) is -1.64. The Hall–Kier alpha value is -2.42. The van der Waals surface area contributed by atoms with E-state index in [-0.39, 0.29) is 0 Å². The molecule has 0 aliphatic carbocycles. The average molecular weight is 269 g/mol. The standard InChI is InChI=1S/C17H13F2N/c18-16-7-6-14(10-17(16)19)15-8-9-20(12-15)11-13-4-2-1-3-5-13/h1-10,12H,11H2. The van der Waals surface area contributed by atoms with E-state index in [4.69, 9.17) is 0 Å². The van der Waals surface area contributed by atoms with Crippen LogP contribution >= 0.6 is 0 Å². The molecule has 1 nitrogen and oxygen atoms in total. The Morgan fingerprint density at radius 3 is 2.35 bits per heavy atom. The van der Waals surface area contributed by atoms with Crippen LogP contribution in [0.25, 0.3) is 11.1 Å². The van der Waals surface area contributed by atoms with E-state index in [0.717, 1.165) is 18.2 Å². The van der Waals surface area contributed by atoms with Crippen molar-refractivity contribution in [2.75, 3.05) is 0 Å². The minimum absolute atomic E-state index is 0.677. The molecular weight excluding hydrogens is 256 g/mol. The maximum atomic E-state index is 13.2. The molecule has 2 aromatic carbocycles. The van der Waals surface area contributed by atoms with Crippen LogP contribution in [0.1, 0.15) is 5.56 Å². The zero-order chi connectivity index (χ0) is 13.9. The number of hydrogen-bond acceptors (Lipinski definition) is 0. The summed E-state index contributed by atoms with van der Waals surface area (Å²) < 4.78 is 28.2. The van der Waals surface area contributed by atoms with Gasteiger partial charge in [0.25, 0.3) is 0 Å². The van der Waals surface area contributed by atoms with Crippen molar-refractivity contribution in [2.24, 2.45) is 0 Å². The zero-order valence-electron chi connectivity index (χ0n) is 10.8. The largest absolute Gasteiger partial charge is 0.349 e. The van der Waals surface area contributed by atoms with Crippen LogP contribution in [0.3, 0.4) is 0 Å². The molecule has 20 heavy (non-hydrogen) atoms. The Morgan fingerprint density at radius 2 is 1.60 bits per heavy atom. The normalized spacial score (nSPS) is 10.7. The van der Waals surface area contributed by atoms with Gasteiger partial charge >= 0.3 is 0 Å². The lowest BCUT2D eigenvalue weighted by Crippen LogP contribution is -1.95. The first-order chi connectivity index (χ1) is 9.72. The Balaban J connectivity index is 1.84. The van der Waals surface area contributed by atoms with Crippen molar-refractivity contribution in [1.29, 1.82) is 0 Å². The maximum Gasteiger partial charge on any atom is 0.159 e. The van der Waals surface area contributed by atoms with Gasteiger partial charge in [-0.15, -0.1) is 0 Å². The first-order valence-electron chi connectivity index (χ1n) is 6.37. The van der Waals surface area contributed by atoms with Crippen molar-refractivity contribution < 1.29 is 8.78 Å². The molecule has 3 rings (SSSR count). The van der Waals surface area contributed by atoms with Crippen molar-refractivity contribution in [1.82, 2.24) is 4.57 Å². The molecular formula is C17H13F2N. The zero-order valence-corrected chi connectivity index (χ0v) is 10.8. The van der Waals surface area contributed by atoms with Crippen LogP contribution in [0.4, 0.5) is 8.78 Å². The third kappa shape index (κ3) is 2.62. The molecule has 0 fully saturated rings. The maximum absolute atomic E-state index is 13.2. The number of aromatic nitrogens is 1. The number of benzene rings is 2. The second kappa shape index (κ2) is 5.29. The number of hydrogen-bond donors (Lipinski definition) is 0. The molecule has 1 heterocycles. The van der Waals surface area contributed by atoms with Gasteiger partial charge in [0.15, 0.2) is 11.6 Å². The molecule has 0 bridgehead atoms. The van der Waals surface area contributed by atoms with E-state index in [1.807, 2.05) is 41.2 Å². The summed E-state index contributed by atoms with van der Waals surface area (Å²) in [7, 11) is 0. The topological polar surface area (TPSA) is 4.93 Å². The van der Waals surface area contributed by atoms with Gasteiger partial charge < -0.3 is 4.57 Å². The molecule has 0 saturated heterocycles. The third-order valence-corrected chi connectivity index (χ3v) is 3.21. The van der Waals surface area contributed by atoms with E-state index < -0.39 is 11.6 Å². The van der Waals surface area contributed by atoms with Crippen LogP contribution < -0.4 is 0 Å². The van der Waals surface area contributed by atoms with Crippen LogP contribution in [0.2, 0.25) is 0 Å². The molecule has 0 N–H and O–H groups in total. The van der Waals surface area contributed by atoms with E-state index in [1.165, 1.54) is 11.6 Å². The van der Waals surface area contributed by atoms with E-state index in [1.54, 1.807) is 6.07 Å². The fraction of sp³-hybridized carbons (Fsp3) is 0.0588. The van der Waals surface area contributed by atoms with Crippen LogP contribution in [0.15, 0.2) is 67.0 Å². The van der Waals surface area contributed by atoms with Gasteiger partial charge in [-0.05, 0) is 34.9 Å². The predicted molar refractivity (Wildman–Crippen MR) is 75.3 cm³/mol. The fourth-order valence-electron chi connectivity index (χ4n) is 2.18.